The molecular weight excluding hydrogens is 562 g/mol. The van der Waals surface area contributed by atoms with Gasteiger partial charge in [-0.25, -0.2) is 0 Å². The van der Waals surface area contributed by atoms with E-state index in [1.807, 2.05) is 42.5 Å². The number of anilines is 1. The van der Waals surface area contributed by atoms with E-state index < -0.39 is 0 Å². The summed E-state index contributed by atoms with van der Waals surface area (Å²) in [6, 6.07) is 31.5. The van der Waals surface area contributed by atoms with Gasteiger partial charge in [-0.15, -0.1) is 0 Å². The molecule has 45 heavy (non-hydrogen) atoms. The highest BCUT2D eigenvalue weighted by atomic mass is 16.3. The molecule has 230 valence electrons. The molecular formula is C38H39N3O4. The van der Waals surface area contributed by atoms with Crippen LogP contribution in [0.15, 0.2) is 97.1 Å². The summed E-state index contributed by atoms with van der Waals surface area (Å²) in [7, 11) is 0. The van der Waals surface area contributed by atoms with Crippen LogP contribution in [0.4, 0.5) is 5.69 Å². The van der Waals surface area contributed by atoms with Crippen LogP contribution < -0.4 is 10.2 Å². The van der Waals surface area contributed by atoms with Gasteiger partial charge in [0.1, 0.15) is 11.5 Å². The van der Waals surface area contributed by atoms with Crippen molar-refractivity contribution in [2.24, 2.45) is 0 Å². The van der Waals surface area contributed by atoms with Crippen molar-refractivity contribution < 1.29 is 19.8 Å². The van der Waals surface area contributed by atoms with Crippen molar-refractivity contribution in [3.8, 4) is 11.5 Å². The molecule has 0 aromatic heterocycles. The number of hydrogen-bond donors (Lipinski definition) is 3. The smallest absolute Gasteiger partial charge is 0.234 e. The number of carbonyl (C=O) groups is 2. The Morgan fingerprint density at radius 3 is 1.93 bits per heavy atom. The highest BCUT2D eigenvalue weighted by Gasteiger charge is 2.30. The molecule has 0 radical (unpaired) electrons. The Balaban J connectivity index is 1.18. The lowest BCUT2D eigenvalue weighted by Crippen LogP contribution is -2.46. The molecule has 0 bridgehead atoms. The fourth-order valence-electron chi connectivity index (χ4n) is 6.58. The van der Waals surface area contributed by atoms with E-state index in [0.29, 0.717) is 12.8 Å². The van der Waals surface area contributed by atoms with Crippen molar-refractivity contribution in [2.45, 2.75) is 38.6 Å². The van der Waals surface area contributed by atoms with Crippen LogP contribution in [0.25, 0.3) is 11.1 Å². The second kappa shape index (κ2) is 13.4. The van der Waals surface area contributed by atoms with Crippen molar-refractivity contribution >= 4 is 28.6 Å². The van der Waals surface area contributed by atoms with Crippen LogP contribution in [-0.4, -0.2) is 53.1 Å². The standard InChI is InChI=1S/C38H39N3O4/c1-2-33(26-9-15-31(42)16-10-26)37(28-11-17-32(43)18-12-28)27-7-13-30(14-8-27)41-23-21-40(22-24-41)25-29-5-3-4-6-34(29)35-19-20-36(44)39-38(35)45/h3-18,35,42-43H,2,19-25H2,1H3,(H,39,44,45). The molecule has 0 saturated carbocycles. The lowest BCUT2D eigenvalue weighted by molar-refractivity contribution is -0.134. The van der Waals surface area contributed by atoms with Gasteiger partial charge in [0.2, 0.25) is 11.8 Å². The second-order valence-electron chi connectivity index (χ2n) is 11.8. The van der Waals surface area contributed by atoms with Crippen molar-refractivity contribution in [3.05, 3.63) is 125 Å². The fourth-order valence-corrected chi connectivity index (χ4v) is 6.58. The number of carbonyl (C=O) groups excluding carboxylic acids is 2. The number of phenols is 2. The Kier molecular flexibility index (Phi) is 8.98. The molecule has 0 aliphatic carbocycles. The normalized spacial score (nSPS) is 18.0. The molecule has 0 spiro atoms. The van der Waals surface area contributed by atoms with Crippen LogP contribution in [0.2, 0.25) is 0 Å². The molecule has 6 rings (SSSR count). The number of piperazine rings is 1. The van der Waals surface area contributed by atoms with Crippen molar-refractivity contribution in [2.75, 3.05) is 31.1 Å². The molecule has 2 saturated heterocycles. The number of benzene rings is 4. The molecule has 2 amide bonds. The molecule has 2 fully saturated rings. The average Bonchev–Trinajstić information content (AvgIpc) is 3.06. The zero-order valence-electron chi connectivity index (χ0n) is 25.6. The van der Waals surface area contributed by atoms with Crippen molar-refractivity contribution in [1.82, 2.24) is 10.2 Å². The summed E-state index contributed by atoms with van der Waals surface area (Å²) in [6.45, 7) is 6.52. The van der Waals surface area contributed by atoms with E-state index in [1.165, 1.54) is 11.3 Å². The molecule has 7 heteroatoms. The van der Waals surface area contributed by atoms with Gasteiger partial charge < -0.3 is 15.1 Å². The number of amides is 2. The maximum absolute atomic E-state index is 12.6. The van der Waals surface area contributed by atoms with Crippen LogP contribution in [0.1, 0.15) is 59.9 Å². The number of imide groups is 1. The van der Waals surface area contributed by atoms with E-state index in [0.717, 1.165) is 72.5 Å². The summed E-state index contributed by atoms with van der Waals surface area (Å²) in [5.74, 6) is -0.183. The van der Waals surface area contributed by atoms with Crippen LogP contribution in [0.3, 0.4) is 0 Å². The van der Waals surface area contributed by atoms with E-state index in [2.05, 4.69) is 52.4 Å². The first-order chi connectivity index (χ1) is 21.9. The van der Waals surface area contributed by atoms with Gasteiger partial charge in [0, 0.05) is 44.8 Å². The Hall–Kier alpha value is -4.88. The minimum atomic E-state index is -0.276. The lowest BCUT2D eigenvalue weighted by atomic mass is 9.87. The number of aromatic hydroxyl groups is 2. The summed E-state index contributed by atoms with van der Waals surface area (Å²) < 4.78 is 0. The van der Waals surface area contributed by atoms with E-state index in [-0.39, 0.29) is 29.2 Å². The third-order valence-corrected chi connectivity index (χ3v) is 8.98. The van der Waals surface area contributed by atoms with Crippen LogP contribution in [0.5, 0.6) is 11.5 Å². The average molecular weight is 602 g/mol. The number of allylic oxidation sites excluding steroid dienone is 1. The minimum Gasteiger partial charge on any atom is -0.508 e. The lowest BCUT2D eigenvalue weighted by Gasteiger charge is -2.37. The first-order valence-corrected chi connectivity index (χ1v) is 15.7. The molecule has 4 aromatic carbocycles. The third kappa shape index (κ3) is 6.79. The van der Waals surface area contributed by atoms with Gasteiger partial charge in [-0.05, 0) is 88.2 Å². The number of nitrogens with zero attached hydrogens (tertiary/aromatic N) is 2. The van der Waals surface area contributed by atoms with Gasteiger partial charge in [-0.1, -0.05) is 67.6 Å². The minimum absolute atomic E-state index is 0.186. The van der Waals surface area contributed by atoms with Gasteiger partial charge in [0.25, 0.3) is 0 Å². The Labute approximate surface area is 264 Å². The molecule has 2 heterocycles. The quantitative estimate of drug-likeness (QED) is 0.162. The Bertz CT molecular complexity index is 1690. The number of rotatable bonds is 8. The molecule has 2 aliphatic rings. The van der Waals surface area contributed by atoms with E-state index in [4.69, 9.17) is 0 Å². The highest BCUT2D eigenvalue weighted by Crippen LogP contribution is 2.36. The van der Waals surface area contributed by atoms with E-state index in [1.54, 1.807) is 24.3 Å². The molecule has 7 nitrogen and oxygen atoms in total. The van der Waals surface area contributed by atoms with Gasteiger partial charge >= 0.3 is 0 Å². The summed E-state index contributed by atoms with van der Waals surface area (Å²) in [4.78, 5) is 29.1. The monoisotopic (exact) mass is 601 g/mol. The zero-order valence-corrected chi connectivity index (χ0v) is 25.6. The number of phenolic OH excluding ortho intramolecular Hbond substituents is 2. The molecule has 1 unspecified atom stereocenters. The predicted molar refractivity (Wildman–Crippen MR) is 178 cm³/mol. The zero-order chi connectivity index (χ0) is 31.3. The molecule has 3 N–H and O–H groups in total. The number of piperidine rings is 1. The van der Waals surface area contributed by atoms with Gasteiger partial charge in [-0.3, -0.25) is 19.8 Å². The van der Waals surface area contributed by atoms with Gasteiger partial charge in [-0.2, -0.15) is 0 Å². The summed E-state index contributed by atoms with van der Waals surface area (Å²) in [5, 5.41) is 22.3. The first-order valence-electron chi connectivity index (χ1n) is 15.7. The fraction of sp³-hybridized carbons (Fsp3) is 0.263. The Morgan fingerprint density at radius 1 is 0.756 bits per heavy atom. The van der Waals surface area contributed by atoms with Crippen LogP contribution in [-0.2, 0) is 16.1 Å². The molecule has 1 atom stereocenters. The van der Waals surface area contributed by atoms with Crippen molar-refractivity contribution in [3.63, 3.8) is 0 Å². The second-order valence-corrected chi connectivity index (χ2v) is 11.8. The summed E-state index contributed by atoms with van der Waals surface area (Å²) in [5.41, 5.74) is 8.80. The number of hydrogen-bond acceptors (Lipinski definition) is 6. The van der Waals surface area contributed by atoms with Gasteiger partial charge in [0.15, 0.2) is 0 Å². The van der Waals surface area contributed by atoms with Crippen molar-refractivity contribution in [1.29, 1.82) is 0 Å². The predicted octanol–water partition coefficient (Wildman–Crippen LogP) is 6.31. The molecule has 4 aromatic rings. The number of nitrogens with one attached hydrogen (secondary N) is 1. The van der Waals surface area contributed by atoms with Crippen LogP contribution in [0, 0.1) is 0 Å². The third-order valence-electron chi connectivity index (χ3n) is 8.98. The largest absolute Gasteiger partial charge is 0.508 e. The summed E-state index contributed by atoms with van der Waals surface area (Å²) in [6.07, 6.45) is 1.74. The maximum atomic E-state index is 12.6. The maximum Gasteiger partial charge on any atom is 0.234 e. The highest BCUT2D eigenvalue weighted by molar-refractivity contribution is 6.01. The van der Waals surface area contributed by atoms with Gasteiger partial charge in [0.05, 0.1) is 5.92 Å². The molecule has 2 aliphatic heterocycles. The van der Waals surface area contributed by atoms with E-state index in [9.17, 15) is 19.8 Å². The SMILES string of the molecule is CCC(=C(c1ccc(O)cc1)c1ccc(N2CCN(Cc3ccccc3C3CCC(=O)NC3=O)CC2)cc1)c1ccc(O)cc1. The summed E-state index contributed by atoms with van der Waals surface area (Å²) >= 11 is 0. The van der Waals surface area contributed by atoms with Crippen LogP contribution >= 0.6 is 0 Å². The first kappa shape index (κ1) is 30.2. The van der Waals surface area contributed by atoms with E-state index >= 15 is 0 Å². The topological polar surface area (TPSA) is 93.1 Å². The Morgan fingerprint density at radius 2 is 1.33 bits per heavy atom.